The average Bonchev–Trinajstić information content (AvgIpc) is 2.78. The zero-order valence-corrected chi connectivity index (χ0v) is 12.8. The molecule has 1 unspecified atom stereocenters. The molecule has 6 heteroatoms. The molecule has 0 aliphatic heterocycles. The zero-order valence-electron chi connectivity index (χ0n) is 11.2. The quantitative estimate of drug-likeness (QED) is 0.772. The van der Waals surface area contributed by atoms with E-state index >= 15 is 0 Å². The van der Waals surface area contributed by atoms with E-state index in [9.17, 15) is 8.42 Å². The van der Waals surface area contributed by atoms with Crippen LogP contribution in [0.1, 0.15) is 38.0 Å². The van der Waals surface area contributed by atoms with E-state index in [0.29, 0.717) is 11.4 Å². The molecular weight excluding hydrogens is 268 g/mol. The molecule has 0 radical (unpaired) electrons. The molecule has 1 heterocycles. The first kappa shape index (κ1) is 15.6. The minimum atomic E-state index is -3.38. The van der Waals surface area contributed by atoms with E-state index in [-0.39, 0.29) is 6.04 Å². The third kappa shape index (κ3) is 4.05. The molecule has 1 aromatic heterocycles. The fourth-order valence-electron chi connectivity index (χ4n) is 1.84. The van der Waals surface area contributed by atoms with Gasteiger partial charge >= 0.3 is 0 Å². The first-order valence-corrected chi connectivity index (χ1v) is 8.64. The Morgan fingerprint density at radius 1 is 1.39 bits per heavy atom. The molecule has 4 nitrogen and oxygen atoms in total. The van der Waals surface area contributed by atoms with Crippen molar-refractivity contribution in [2.75, 3.05) is 7.05 Å². The molecule has 1 atom stereocenters. The number of sulfonamides is 1. The van der Waals surface area contributed by atoms with Crippen LogP contribution in [-0.4, -0.2) is 21.5 Å². The zero-order chi connectivity index (χ0) is 13.6. The summed E-state index contributed by atoms with van der Waals surface area (Å²) in [7, 11) is -1.57. The molecule has 0 aliphatic rings. The Balaban J connectivity index is 2.88. The number of thiophene rings is 1. The summed E-state index contributed by atoms with van der Waals surface area (Å²) in [5, 5.41) is 4.81. The minimum absolute atomic E-state index is 0.0299. The van der Waals surface area contributed by atoms with Crippen molar-refractivity contribution in [3.63, 3.8) is 0 Å². The lowest BCUT2D eigenvalue weighted by Gasteiger charge is -2.16. The van der Waals surface area contributed by atoms with Crippen molar-refractivity contribution in [3.8, 4) is 0 Å². The van der Waals surface area contributed by atoms with E-state index in [1.54, 1.807) is 6.07 Å². The molecule has 1 rings (SSSR count). The van der Waals surface area contributed by atoms with Crippen molar-refractivity contribution in [2.24, 2.45) is 0 Å². The number of nitrogens with one attached hydrogen (secondary N) is 2. The summed E-state index contributed by atoms with van der Waals surface area (Å²) in [6.07, 6.45) is 2.67. The lowest BCUT2D eigenvalue weighted by atomic mass is 10.1. The maximum atomic E-state index is 12.3. The van der Waals surface area contributed by atoms with Crippen LogP contribution in [0.4, 0.5) is 0 Å². The van der Waals surface area contributed by atoms with E-state index in [2.05, 4.69) is 17.0 Å². The molecular formula is C12H22N2O2S2. The number of rotatable bonds is 8. The molecule has 18 heavy (non-hydrogen) atoms. The molecule has 0 saturated carbocycles. The first-order valence-electron chi connectivity index (χ1n) is 6.28. The Labute approximate surface area is 114 Å². The van der Waals surface area contributed by atoms with Gasteiger partial charge in [0.15, 0.2) is 0 Å². The van der Waals surface area contributed by atoms with Gasteiger partial charge in [-0.3, -0.25) is 0 Å². The second kappa shape index (κ2) is 7.23. The highest BCUT2D eigenvalue weighted by molar-refractivity contribution is 7.89. The van der Waals surface area contributed by atoms with Gasteiger partial charge in [0.1, 0.15) is 0 Å². The van der Waals surface area contributed by atoms with Gasteiger partial charge in [0.25, 0.3) is 0 Å². The average molecular weight is 290 g/mol. The van der Waals surface area contributed by atoms with Gasteiger partial charge < -0.3 is 5.32 Å². The van der Waals surface area contributed by atoms with Crippen molar-refractivity contribution < 1.29 is 8.42 Å². The lowest BCUT2D eigenvalue weighted by molar-refractivity contribution is 0.512. The van der Waals surface area contributed by atoms with E-state index < -0.39 is 10.0 Å². The van der Waals surface area contributed by atoms with Gasteiger partial charge in [-0.25, -0.2) is 13.1 Å². The lowest BCUT2D eigenvalue weighted by Crippen LogP contribution is -2.34. The summed E-state index contributed by atoms with van der Waals surface area (Å²) in [5.74, 6) is 0. The van der Waals surface area contributed by atoms with E-state index in [1.807, 2.05) is 19.4 Å². The Hall–Kier alpha value is -0.430. The molecule has 0 fully saturated rings. The van der Waals surface area contributed by atoms with Gasteiger partial charge in [-0.2, -0.15) is 0 Å². The maximum Gasteiger partial charge on any atom is 0.241 e. The first-order chi connectivity index (χ1) is 8.55. The predicted octanol–water partition coefficient (Wildman–Crippen LogP) is 2.32. The van der Waals surface area contributed by atoms with Gasteiger partial charge in [-0.05, 0) is 31.3 Å². The summed E-state index contributed by atoms with van der Waals surface area (Å²) in [6, 6.07) is 1.71. The van der Waals surface area contributed by atoms with Gasteiger partial charge in [0.2, 0.25) is 10.0 Å². The number of hydrogen-bond donors (Lipinski definition) is 2. The Bertz CT molecular complexity index is 454. The molecule has 1 aromatic rings. The minimum Gasteiger partial charge on any atom is -0.315 e. The van der Waals surface area contributed by atoms with Gasteiger partial charge in [0.05, 0.1) is 4.90 Å². The molecule has 0 aromatic carbocycles. The summed E-state index contributed by atoms with van der Waals surface area (Å²) in [4.78, 5) is 1.27. The second-order valence-corrected chi connectivity index (χ2v) is 6.94. The van der Waals surface area contributed by atoms with Gasteiger partial charge in [-0.1, -0.05) is 20.3 Å². The van der Waals surface area contributed by atoms with Crippen molar-refractivity contribution in [1.82, 2.24) is 10.0 Å². The molecule has 0 bridgehead atoms. The topological polar surface area (TPSA) is 58.2 Å². The van der Waals surface area contributed by atoms with E-state index in [1.165, 1.54) is 11.3 Å². The van der Waals surface area contributed by atoms with Crippen LogP contribution in [-0.2, 0) is 16.6 Å². The van der Waals surface area contributed by atoms with Gasteiger partial charge in [-0.15, -0.1) is 11.3 Å². The normalized spacial score (nSPS) is 13.7. The number of hydrogen-bond acceptors (Lipinski definition) is 4. The second-order valence-electron chi connectivity index (χ2n) is 4.25. The summed E-state index contributed by atoms with van der Waals surface area (Å²) < 4.78 is 27.4. The molecule has 2 N–H and O–H groups in total. The summed E-state index contributed by atoms with van der Waals surface area (Å²) in [6.45, 7) is 4.65. The molecule has 104 valence electrons. The highest BCUT2D eigenvalue weighted by Gasteiger charge is 2.22. The standard InChI is InChI=1S/C12H22N2O2S2/c1-4-6-10(5-2)14-18(15,16)12-7-8-17-11(12)9-13-3/h7-8,10,13-14H,4-6,9H2,1-3H3. The van der Waals surface area contributed by atoms with Crippen LogP contribution in [0.5, 0.6) is 0 Å². The maximum absolute atomic E-state index is 12.3. The van der Waals surface area contributed by atoms with Crippen molar-refractivity contribution in [3.05, 3.63) is 16.3 Å². The van der Waals surface area contributed by atoms with E-state index in [4.69, 9.17) is 0 Å². The van der Waals surface area contributed by atoms with Crippen LogP contribution in [0, 0.1) is 0 Å². The summed E-state index contributed by atoms with van der Waals surface area (Å²) >= 11 is 1.47. The highest BCUT2D eigenvalue weighted by Crippen LogP contribution is 2.22. The van der Waals surface area contributed by atoms with E-state index in [0.717, 1.165) is 24.1 Å². The fourth-order valence-corrected chi connectivity index (χ4v) is 4.64. The van der Waals surface area contributed by atoms with Crippen LogP contribution >= 0.6 is 11.3 Å². The molecule has 0 aliphatic carbocycles. The largest absolute Gasteiger partial charge is 0.315 e. The third-order valence-electron chi connectivity index (χ3n) is 2.78. The van der Waals surface area contributed by atoms with Crippen molar-refractivity contribution in [2.45, 2.75) is 50.6 Å². The molecule has 0 spiro atoms. The van der Waals surface area contributed by atoms with Crippen molar-refractivity contribution >= 4 is 21.4 Å². The Morgan fingerprint density at radius 3 is 2.67 bits per heavy atom. The van der Waals surface area contributed by atoms with Crippen LogP contribution in [0.2, 0.25) is 0 Å². The molecule has 0 amide bonds. The van der Waals surface area contributed by atoms with Crippen LogP contribution in [0.15, 0.2) is 16.3 Å². The predicted molar refractivity (Wildman–Crippen MR) is 76.4 cm³/mol. The SMILES string of the molecule is CCCC(CC)NS(=O)(=O)c1ccsc1CNC. The fraction of sp³-hybridized carbons (Fsp3) is 0.667. The monoisotopic (exact) mass is 290 g/mol. The van der Waals surface area contributed by atoms with Crippen LogP contribution in [0.25, 0.3) is 0 Å². The Morgan fingerprint density at radius 2 is 2.11 bits per heavy atom. The molecule has 0 saturated heterocycles. The van der Waals surface area contributed by atoms with Crippen LogP contribution in [0.3, 0.4) is 0 Å². The smallest absolute Gasteiger partial charge is 0.241 e. The van der Waals surface area contributed by atoms with Crippen molar-refractivity contribution in [1.29, 1.82) is 0 Å². The van der Waals surface area contributed by atoms with Gasteiger partial charge in [0, 0.05) is 17.5 Å². The highest BCUT2D eigenvalue weighted by atomic mass is 32.2. The third-order valence-corrected chi connectivity index (χ3v) is 5.44. The van der Waals surface area contributed by atoms with Crippen LogP contribution < -0.4 is 10.0 Å². The summed E-state index contributed by atoms with van der Waals surface area (Å²) in [5.41, 5.74) is 0. The Kier molecular flexibility index (Phi) is 6.28.